The maximum atomic E-state index is 10.6. The minimum Gasteiger partial charge on any atom is -0.388 e. The second kappa shape index (κ2) is 6.64. The molecule has 1 fully saturated rings. The van der Waals surface area contributed by atoms with Crippen LogP contribution in [0.3, 0.4) is 0 Å². The standard InChI is InChI=1S/C15H26N6O/c1-16-14(17-10-15(22)7-3-2-4-8-15)20-12-5-6-13-18-11-19-21(13)9-12/h11-12,22H,2-10H2,1H3,(H2,16,17,20). The number of nitrogens with one attached hydrogen (secondary N) is 2. The van der Waals surface area contributed by atoms with Crippen molar-refractivity contribution in [3.63, 3.8) is 0 Å². The summed E-state index contributed by atoms with van der Waals surface area (Å²) in [5.74, 6) is 1.81. The summed E-state index contributed by atoms with van der Waals surface area (Å²) in [5.41, 5.74) is -0.582. The molecule has 7 heteroatoms. The number of aliphatic hydroxyl groups is 1. The molecule has 1 aliphatic carbocycles. The Labute approximate surface area is 131 Å². The molecule has 1 atom stereocenters. The Bertz CT molecular complexity index is 520. The zero-order chi connectivity index (χ0) is 15.4. The van der Waals surface area contributed by atoms with Crippen LogP contribution in [-0.2, 0) is 13.0 Å². The minimum atomic E-state index is -0.582. The van der Waals surface area contributed by atoms with Gasteiger partial charge < -0.3 is 15.7 Å². The van der Waals surface area contributed by atoms with Gasteiger partial charge in [0, 0.05) is 26.1 Å². The molecule has 0 saturated heterocycles. The summed E-state index contributed by atoms with van der Waals surface area (Å²) in [6.45, 7) is 1.37. The topological polar surface area (TPSA) is 87.4 Å². The van der Waals surface area contributed by atoms with Crippen LogP contribution in [0, 0.1) is 0 Å². The summed E-state index contributed by atoms with van der Waals surface area (Å²) in [5, 5.41) is 21.5. The Hall–Kier alpha value is -1.63. The molecule has 2 aliphatic rings. The summed E-state index contributed by atoms with van der Waals surface area (Å²) in [4.78, 5) is 8.52. The van der Waals surface area contributed by atoms with Crippen LogP contribution >= 0.6 is 0 Å². The number of aromatic nitrogens is 3. The molecule has 0 bridgehead atoms. The van der Waals surface area contributed by atoms with Gasteiger partial charge in [0.1, 0.15) is 12.2 Å². The summed E-state index contributed by atoms with van der Waals surface area (Å²) in [6, 6.07) is 0.293. The fourth-order valence-corrected chi connectivity index (χ4v) is 3.38. The minimum absolute atomic E-state index is 0.293. The van der Waals surface area contributed by atoms with Gasteiger partial charge >= 0.3 is 0 Å². The number of hydrogen-bond donors (Lipinski definition) is 3. The highest BCUT2D eigenvalue weighted by molar-refractivity contribution is 5.80. The van der Waals surface area contributed by atoms with Gasteiger partial charge in [-0.05, 0) is 19.3 Å². The highest BCUT2D eigenvalue weighted by Gasteiger charge is 2.29. The van der Waals surface area contributed by atoms with Gasteiger partial charge in [0.25, 0.3) is 0 Å². The maximum Gasteiger partial charge on any atom is 0.191 e. The summed E-state index contributed by atoms with van der Waals surface area (Å²) in [7, 11) is 1.77. The van der Waals surface area contributed by atoms with Crippen LogP contribution in [0.5, 0.6) is 0 Å². The van der Waals surface area contributed by atoms with E-state index in [1.54, 1.807) is 13.4 Å². The van der Waals surface area contributed by atoms with E-state index in [9.17, 15) is 5.11 Å². The molecule has 7 nitrogen and oxygen atoms in total. The first kappa shape index (κ1) is 15.3. The zero-order valence-electron chi connectivity index (χ0n) is 13.3. The van der Waals surface area contributed by atoms with Crippen LogP contribution in [0.1, 0.15) is 44.3 Å². The van der Waals surface area contributed by atoms with Crippen molar-refractivity contribution in [2.24, 2.45) is 4.99 Å². The van der Waals surface area contributed by atoms with Gasteiger partial charge in [0.05, 0.1) is 12.1 Å². The van der Waals surface area contributed by atoms with Gasteiger partial charge in [-0.2, -0.15) is 5.10 Å². The first-order valence-electron chi connectivity index (χ1n) is 8.25. The van der Waals surface area contributed by atoms with Gasteiger partial charge in [0.15, 0.2) is 5.96 Å². The largest absolute Gasteiger partial charge is 0.388 e. The number of guanidine groups is 1. The lowest BCUT2D eigenvalue weighted by Crippen LogP contribution is -2.51. The predicted octanol–water partition coefficient (Wildman–Crippen LogP) is 0.453. The van der Waals surface area contributed by atoms with Crippen LogP contribution in [0.2, 0.25) is 0 Å². The molecular weight excluding hydrogens is 280 g/mol. The molecule has 1 unspecified atom stereocenters. The lowest BCUT2D eigenvalue weighted by atomic mass is 9.85. The third-order valence-corrected chi connectivity index (χ3v) is 4.74. The summed E-state index contributed by atoms with van der Waals surface area (Å²) >= 11 is 0. The second-order valence-corrected chi connectivity index (χ2v) is 6.45. The van der Waals surface area contributed by atoms with Crippen molar-refractivity contribution in [2.45, 2.75) is 63.1 Å². The van der Waals surface area contributed by atoms with Crippen LogP contribution in [0.25, 0.3) is 0 Å². The van der Waals surface area contributed by atoms with E-state index in [4.69, 9.17) is 0 Å². The Morgan fingerprint density at radius 1 is 1.45 bits per heavy atom. The monoisotopic (exact) mass is 306 g/mol. The Balaban J connectivity index is 1.50. The third kappa shape index (κ3) is 3.58. The quantitative estimate of drug-likeness (QED) is 0.557. The van der Waals surface area contributed by atoms with Gasteiger partial charge in [-0.25, -0.2) is 9.67 Å². The molecule has 1 saturated carbocycles. The van der Waals surface area contributed by atoms with Gasteiger partial charge in [-0.1, -0.05) is 19.3 Å². The normalized spacial score (nSPS) is 24.6. The van der Waals surface area contributed by atoms with Crippen LogP contribution in [0.15, 0.2) is 11.3 Å². The average Bonchev–Trinajstić information content (AvgIpc) is 3.00. The van der Waals surface area contributed by atoms with Crippen molar-refractivity contribution in [3.8, 4) is 0 Å². The number of nitrogens with zero attached hydrogens (tertiary/aromatic N) is 4. The predicted molar refractivity (Wildman–Crippen MR) is 84.7 cm³/mol. The van der Waals surface area contributed by atoms with Gasteiger partial charge in [-0.15, -0.1) is 0 Å². The van der Waals surface area contributed by atoms with E-state index >= 15 is 0 Å². The Morgan fingerprint density at radius 3 is 3.05 bits per heavy atom. The van der Waals surface area contributed by atoms with Gasteiger partial charge in [0.2, 0.25) is 0 Å². The summed E-state index contributed by atoms with van der Waals surface area (Å²) < 4.78 is 1.95. The number of aryl methyl sites for hydroxylation is 1. The first-order valence-corrected chi connectivity index (χ1v) is 8.25. The van der Waals surface area contributed by atoms with E-state index in [0.717, 1.165) is 56.9 Å². The molecule has 122 valence electrons. The smallest absolute Gasteiger partial charge is 0.191 e. The molecule has 0 aromatic carbocycles. The molecule has 1 aromatic heterocycles. The fourth-order valence-electron chi connectivity index (χ4n) is 3.38. The van der Waals surface area contributed by atoms with Crippen molar-refractivity contribution in [2.75, 3.05) is 13.6 Å². The number of fused-ring (bicyclic) bond motifs is 1. The second-order valence-electron chi connectivity index (χ2n) is 6.45. The Morgan fingerprint density at radius 2 is 2.27 bits per heavy atom. The molecule has 1 aromatic rings. The molecule has 22 heavy (non-hydrogen) atoms. The summed E-state index contributed by atoms with van der Waals surface area (Å²) in [6.07, 6.45) is 8.78. The van der Waals surface area contributed by atoms with E-state index in [2.05, 4.69) is 25.7 Å². The number of hydrogen-bond acceptors (Lipinski definition) is 4. The van der Waals surface area contributed by atoms with Gasteiger partial charge in [-0.3, -0.25) is 4.99 Å². The number of aliphatic imine (C=N–C) groups is 1. The first-order chi connectivity index (χ1) is 10.7. The molecule has 3 rings (SSSR count). The van der Waals surface area contributed by atoms with E-state index in [-0.39, 0.29) is 0 Å². The zero-order valence-corrected chi connectivity index (χ0v) is 13.3. The van der Waals surface area contributed by atoms with E-state index in [1.807, 2.05) is 4.68 Å². The van der Waals surface area contributed by atoms with E-state index in [1.165, 1.54) is 6.42 Å². The van der Waals surface area contributed by atoms with Crippen LogP contribution < -0.4 is 10.6 Å². The molecule has 0 amide bonds. The lowest BCUT2D eigenvalue weighted by molar-refractivity contribution is 0.00854. The van der Waals surface area contributed by atoms with Crippen LogP contribution in [-0.4, -0.2) is 51.1 Å². The van der Waals surface area contributed by atoms with Crippen molar-refractivity contribution in [1.82, 2.24) is 25.4 Å². The third-order valence-electron chi connectivity index (χ3n) is 4.74. The molecule has 0 spiro atoms. The highest BCUT2D eigenvalue weighted by atomic mass is 16.3. The van der Waals surface area contributed by atoms with Crippen molar-refractivity contribution >= 4 is 5.96 Å². The molecule has 3 N–H and O–H groups in total. The molecular formula is C15H26N6O. The lowest BCUT2D eigenvalue weighted by Gasteiger charge is -2.33. The maximum absolute atomic E-state index is 10.6. The van der Waals surface area contributed by atoms with Crippen molar-refractivity contribution in [1.29, 1.82) is 0 Å². The average molecular weight is 306 g/mol. The molecule has 2 heterocycles. The Kier molecular flexibility index (Phi) is 4.61. The van der Waals surface area contributed by atoms with E-state index in [0.29, 0.717) is 12.6 Å². The molecule has 1 aliphatic heterocycles. The molecule has 0 radical (unpaired) electrons. The van der Waals surface area contributed by atoms with Crippen molar-refractivity contribution < 1.29 is 5.11 Å². The highest BCUT2D eigenvalue weighted by Crippen LogP contribution is 2.27. The van der Waals surface area contributed by atoms with Crippen molar-refractivity contribution in [3.05, 3.63) is 12.2 Å². The SMILES string of the molecule is CN=C(NCC1(O)CCCCC1)NC1CCc2ncnn2C1. The van der Waals surface area contributed by atoms with E-state index < -0.39 is 5.60 Å². The number of rotatable bonds is 3. The van der Waals surface area contributed by atoms with Crippen LogP contribution in [0.4, 0.5) is 0 Å². The fraction of sp³-hybridized carbons (Fsp3) is 0.800.